The molecule has 0 bridgehead atoms. The van der Waals surface area contributed by atoms with Crippen molar-refractivity contribution in [1.82, 2.24) is 9.88 Å². The lowest BCUT2D eigenvalue weighted by molar-refractivity contribution is -0.385. The quantitative estimate of drug-likeness (QED) is 0.422. The number of rotatable bonds is 5. The SMILES string of the molecule is CCOC(=O)c1ccc(N2CCCN(C(=O)c3ccc([N+](=O)[O-])c(C)c3)CC2)nc1. The number of carbonyl (C=O) groups is 2. The summed E-state index contributed by atoms with van der Waals surface area (Å²) in [5, 5.41) is 11.0. The number of pyridine rings is 1. The molecule has 0 atom stereocenters. The van der Waals surface area contributed by atoms with E-state index in [0.717, 1.165) is 18.8 Å². The molecule has 2 heterocycles. The van der Waals surface area contributed by atoms with Crippen LogP contribution in [-0.4, -0.2) is 59.5 Å². The lowest BCUT2D eigenvalue weighted by atomic mass is 10.1. The molecule has 1 aliphatic rings. The van der Waals surface area contributed by atoms with E-state index in [1.54, 1.807) is 36.9 Å². The Hall–Kier alpha value is -3.49. The lowest BCUT2D eigenvalue weighted by Crippen LogP contribution is -2.35. The molecule has 3 rings (SSSR count). The molecule has 1 fully saturated rings. The van der Waals surface area contributed by atoms with Crippen molar-refractivity contribution in [3.05, 3.63) is 63.3 Å². The third kappa shape index (κ3) is 4.73. The molecule has 9 nitrogen and oxygen atoms in total. The van der Waals surface area contributed by atoms with Crippen molar-refractivity contribution < 1.29 is 19.2 Å². The number of nitrogens with zero attached hydrogens (tertiary/aromatic N) is 4. The average molecular weight is 412 g/mol. The molecule has 30 heavy (non-hydrogen) atoms. The third-order valence-electron chi connectivity index (χ3n) is 5.01. The third-order valence-corrected chi connectivity index (χ3v) is 5.01. The average Bonchev–Trinajstić information content (AvgIpc) is 2.99. The molecule has 0 aliphatic carbocycles. The number of nitro benzene ring substituents is 1. The topological polar surface area (TPSA) is 106 Å². The van der Waals surface area contributed by atoms with Crippen LogP contribution < -0.4 is 4.90 Å². The number of hydrogen-bond acceptors (Lipinski definition) is 7. The van der Waals surface area contributed by atoms with Gasteiger partial charge in [-0.25, -0.2) is 9.78 Å². The highest BCUT2D eigenvalue weighted by molar-refractivity contribution is 5.94. The van der Waals surface area contributed by atoms with Crippen molar-refractivity contribution in [2.24, 2.45) is 0 Å². The minimum Gasteiger partial charge on any atom is -0.462 e. The van der Waals surface area contributed by atoms with Gasteiger partial charge in [0.25, 0.3) is 11.6 Å². The Kier molecular flexibility index (Phi) is 6.61. The number of anilines is 1. The van der Waals surface area contributed by atoms with Crippen molar-refractivity contribution in [1.29, 1.82) is 0 Å². The number of aromatic nitrogens is 1. The van der Waals surface area contributed by atoms with Gasteiger partial charge in [0.15, 0.2) is 0 Å². The molecular weight excluding hydrogens is 388 g/mol. The molecule has 1 amide bonds. The second-order valence-corrected chi connectivity index (χ2v) is 7.02. The van der Waals surface area contributed by atoms with Gasteiger partial charge < -0.3 is 14.5 Å². The van der Waals surface area contributed by atoms with Gasteiger partial charge in [0.1, 0.15) is 5.82 Å². The van der Waals surface area contributed by atoms with Crippen molar-refractivity contribution in [3.63, 3.8) is 0 Å². The second kappa shape index (κ2) is 9.34. The monoisotopic (exact) mass is 412 g/mol. The molecule has 0 unspecified atom stereocenters. The summed E-state index contributed by atoms with van der Waals surface area (Å²) in [6, 6.07) is 7.92. The van der Waals surface area contributed by atoms with Crippen LogP contribution in [-0.2, 0) is 4.74 Å². The van der Waals surface area contributed by atoms with Gasteiger partial charge in [-0.05, 0) is 44.5 Å². The van der Waals surface area contributed by atoms with Crippen molar-refractivity contribution >= 4 is 23.4 Å². The highest BCUT2D eigenvalue weighted by Crippen LogP contribution is 2.21. The molecular formula is C21H24N4O5. The smallest absolute Gasteiger partial charge is 0.339 e. The molecule has 9 heteroatoms. The maximum atomic E-state index is 12.9. The van der Waals surface area contributed by atoms with Gasteiger partial charge in [-0.1, -0.05) is 0 Å². The van der Waals surface area contributed by atoms with Crippen LogP contribution in [0, 0.1) is 17.0 Å². The maximum absolute atomic E-state index is 12.9. The number of nitro groups is 1. The lowest BCUT2D eigenvalue weighted by Gasteiger charge is -2.23. The van der Waals surface area contributed by atoms with Crippen LogP contribution in [0.3, 0.4) is 0 Å². The van der Waals surface area contributed by atoms with E-state index in [-0.39, 0.29) is 11.6 Å². The van der Waals surface area contributed by atoms with Gasteiger partial charge >= 0.3 is 5.97 Å². The van der Waals surface area contributed by atoms with E-state index < -0.39 is 10.9 Å². The van der Waals surface area contributed by atoms with E-state index in [4.69, 9.17) is 4.74 Å². The number of benzene rings is 1. The summed E-state index contributed by atoms with van der Waals surface area (Å²) in [6.45, 7) is 6.12. The van der Waals surface area contributed by atoms with Crippen LogP contribution in [0.15, 0.2) is 36.5 Å². The van der Waals surface area contributed by atoms with Crippen LogP contribution in [0.25, 0.3) is 0 Å². The minimum absolute atomic E-state index is 0.00549. The molecule has 0 saturated carbocycles. The number of ether oxygens (including phenoxy) is 1. The highest BCUT2D eigenvalue weighted by atomic mass is 16.6. The molecule has 1 aromatic heterocycles. The molecule has 1 aliphatic heterocycles. The maximum Gasteiger partial charge on any atom is 0.339 e. The van der Waals surface area contributed by atoms with Gasteiger partial charge in [0.2, 0.25) is 0 Å². The summed E-state index contributed by atoms with van der Waals surface area (Å²) in [6.07, 6.45) is 2.26. The number of amides is 1. The molecule has 0 N–H and O–H groups in total. The van der Waals surface area contributed by atoms with E-state index in [0.29, 0.717) is 42.9 Å². The Labute approximate surface area is 174 Å². The number of esters is 1. The van der Waals surface area contributed by atoms with Crippen LogP contribution in [0.1, 0.15) is 39.6 Å². The fourth-order valence-corrected chi connectivity index (χ4v) is 3.43. The fourth-order valence-electron chi connectivity index (χ4n) is 3.43. The number of carbonyl (C=O) groups excluding carboxylic acids is 2. The van der Waals surface area contributed by atoms with Crippen LogP contribution in [0.4, 0.5) is 11.5 Å². The Morgan fingerprint density at radius 3 is 2.53 bits per heavy atom. The van der Waals surface area contributed by atoms with Gasteiger partial charge in [0, 0.05) is 49.6 Å². The van der Waals surface area contributed by atoms with Crippen LogP contribution in [0.2, 0.25) is 0 Å². The first kappa shape index (κ1) is 21.2. The zero-order valence-corrected chi connectivity index (χ0v) is 17.0. The largest absolute Gasteiger partial charge is 0.462 e. The van der Waals surface area contributed by atoms with E-state index in [1.165, 1.54) is 18.3 Å². The second-order valence-electron chi connectivity index (χ2n) is 7.02. The first-order valence-corrected chi connectivity index (χ1v) is 9.83. The summed E-state index contributed by atoms with van der Waals surface area (Å²) in [4.78, 5) is 43.4. The Balaban J connectivity index is 1.66. The van der Waals surface area contributed by atoms with Gasteiger partial charge in [-0.2, -0.15) is 0 Å². The normalized spacial score (nSPS) is 14.2. The van der Waals surface area contributed by atoms with E-state index >= 15 is 0 Å². The van der Waals surface area contributed by atoms with Crippen molar-refractivity contribution in [2.75, 3.05) is 37.7 Å². The minimum atomic E-state index is -0.451. The highest BCUT2D eigenvalue weighted by Gasteiger charge is 2.22. The standard InChI is InChI=1S/C21H24N4O5/c1-3-30-21(27)17-6-8-19(22-14-17)23-9-4-10-24(12-11-23)20(26)16-5-7-18(25(28)29)15(2)13-16/h5-8,13-14H,3-4,9-12H2,1-2H3. The van der Waals surface area contributed by atoms with Gasteiger partial charge in [-0.3, -0.25) is 14.9 Å². The molecule has 2 aromatic rings. The van der Waals surface area contributed by atoms with Crippen molar-refractivity contribution in [3.8, 4) is 0 Å². The summed E-state index contributed by atoms with van der Waals surface area (Å²) in [7, 11) is 0. The van der Waals surface area contributed by atoms with E-state index in [9.17, 15) is 19.7 Å². The number of aryl methyl sites for hydroxylation is 1. The predicted octanol–water partition coefficient (Wildman–Crippen LogP) is 2.83. The fraction of sp³-hybridized carbons (Fsp3) is 0.381. The van der Waals surface area contributed by atoms with Gasteiger partial charge in [-0.15, -0.1) is 0 Å². The van der Waals surface area contributed by atoms with Crippen molar-refractivity contribution in [2.45, 2.75) is 20.3 Å². The Bertz CT molecular complexity index is 945. The predicted molar refractivity (Wildman–Crippen MR) is 111 cm³/mol. The van der Waals surface area contributed by atoms with E-state index in [2.05, 4.69) is 9.88 Å². The van der Waals surface area contributed by atoms with Crippen LogP contribution in [0.5, 0.6) is 0 Å². The molecule has 1 saturated heterocycles. The Morgan fingerprint density at radius 2 is 1.90 bits per heavy atom. The molecule has 1 aromatic carbocycles. The Morgan fingerprint density at radius 1 is 1.13 bits per heavy atom. The summed E-state index contributed by atoms with van der Waals surface area (Å²) in [5.74, 6) is 0.201. The first-order chi connectivity index (χ1) is 14.4. The summed E-state index contributed by atoms with van der Waals surface area (Å²) >= 11 is 0. The molecule has 0 spiro atoms. The van der Waals surface area contributed by atoms with Crippen LogP contribution >= 0.6 is 0 Å². The number of hydrogen-bond donors (Lipinski definition) is 0. The van der Waals surface area contributed by atoms with E-state index in [1.807, 2.05) is 0 Å². The molecule has 0 radical (unpaired) electrons. The summed E-state index contributed by atoms with van der Waals surface area (Å²) < 4.78 is 4.97. The summed E-state index contributed by atoms with van der Waals surface area (Å²) in [5.41, 5.74) is 1.32. The first-order valence-electron chi connectivity index (χ1n) is 9.83. The van der Waals surface area contributed by atoms with Gasteiger partial charge in [0.05, 0.1) is 17.1 Å². The molecule has 158 valence electrons. The zero-order chi connectivity index (χ0) is 21.7. The zero-order valence-electron chi connectivity index (χ0n) is 17.0.